The minimum absolute atomic E-state index is 0.00802. The fraction of sp³-hybridized carbons (Fsp3) is 0.812. The van der Waals surface area contributed by atoms with Gasteiger partial charge in [0.2, 0.25) is 11.8 Å². The fourth-order valence-electron chi connectivity index (χ4n) is 2.61. The smallest absolute Gasteiger partial charge is 0.222 e. The quantitative estimate of drug-likeness (QED) is 0.369. The van der Waals surface area contributed by atoms with Crippen molar-refractivity contribution in [3.05, 3.63) is 0 Å². The van der Waals surface area contributed by atoms with Gasteiger partial charge in [0, 0.05) is 52.6 Å². The lowest BCUT2D eigenvalue weighted by Crippen LogP contribution is -2.47. The minimum atomic E-state index is 0.00802. The van der Waals surface area contributed by atoms with Crippen LogP contribution in [0.15, 0.2) is 4.99 Å². The van der Waals surface area contributed by atoms with E-state index in [1.165, 1.54) is 0 Å². The number of piperidine rings is 1. The van der Waals surface area contributed by atoms with Crippen molar-refractivity contribution >= 4 is 17.8 Å². The monoisotopic (exact) mass is 325 g/mol. The molecule has 0 saturated carbocycles. The fourth-order valence-corrected chi connectivity index (χ4v) is 2.61. The van der Waals surface area contributed by atoms with Gasteiger partial charge in [0.25, 0.3) is 0 Å². The van der Waals surface area contributed by atoms with Gasteiger partial charge < -0.3 is 20.9 Å². The lowest BCUT2D eigenvalue weighted by Gasteiger charge is -2.34. The molecule has 0 aromatic rings. The number of amides is 2. The van der Waals surface area contributed by atoms with Crippen LogP contribution < -0.4 is 16.0 Å². The first-order valence-electron chi connectivity index (χ1n) is 8.41. The first-order valence-corrected chi connectivity index (χ1v) is 8.41. The molecule has 132 valence electrons. The molecule has 0 bridgehead atoms. The highest BCUT2D eigenvalue weighted by atomic mass is 16.2. The second-order valence-electron chi connectivity index (χ2n) is 6.23. The van der Waals surface area contributed by atoms with Gasteiger partial charge in [0.1, 0.15) is 0 Å². The molecule has 0 aliphatic carbocycles. The summed E-state index contributed by atoms with van der Waals surface area (Å²) in [6, 6.07) is 0. The van der Waals surface area contributed by atoms with Crippen LogP contribution in [0.4, 0.5) is 0 Å². The number of hydrogen-bond acceptors (Lipinski definition) is 3. The van der Waals surface area contributed by atoms with E-state index in [-0.39, 0.29) is 17.7 Å². The number of rotatable bonds is 6. The van der Waals surface area contributed by atoms with E-state index >= 15 is 0 Å². The standard InChI is InChI=1S/C16H31N5O2/c1-12(2)15(23)19-7-8-20-16(18-4)21-9-5-13(6-10-21)11-14(22)17-3/h12-13H,5-11H2,1-4H3,(H,17,22)(H,18,20)(H,19,23). The molecule has 1 rings (SSSR count). The predicted octanol–water partition coefficient (Wildman–Crippen LogP) is 0.182. The summed E-state index contributed by atoms with van der Waals surface area (Å²) in [4.78, 5) is 29.4. The topological polar surface area (TPSA) is 85.8 Å². The predicted molar refractivity (Wildman–Crippen MR) is 92.2 cm³/mol. The lowest BCUT2D eigenvalue weighted by atomic mass is 9.93. The highest BCUT2D eigenvalue weighted by Gasteiger charge is 2.22. The van der Waals surface area contributed by atoms with Crippen LogP contribution >= 0.6 is 0 Å². The molecule has 1 aliphatic heterocycles. The number of carbonyl (C=O) groups is 2. The van der Waals surface area contributed by atoms with Gasteiger partial charge in [0.05, 0.1) is 0 Å². The molecule has 2 amide bonds. The molecule has 1 saturated heterocycles. The Hall–Kier alpha value is -1.79. The van der Waals surface area contributed by atoms with Gasteiger partial charge in [-0.15, -0.1) is 0 Å². The number of nitrogens with one attached hydrogen (secondary N) is 3. The molecule has 3 N–H and O–H groups in total. The first kappa shape index (κ1) is 19.3. The second-order valence-corrected chi connectivity index (χ2v) is 6.23. The van der Waals surface area contributed by atoms with E-state index in [2.05, 4.69) is 25.8 Å². The Kier molecular flexibility index (Phi) is 8.43. The van der Waals surface area contributed by atoms with Crippen LogP contribution in [0.5, 0.6) is 0 Å². The number of aliphatic imine (C=N–C) groups is 1. The van der Waals surface area contributed by atoms with Crippen molar-refractivity contribution < 1.29 is 9.59 Å². The summed E-state index contributed by atoms with van der Waals surface area (Å²) in [7, 11) is 3.45. The lowest BCUT2D eigenvalue weighted by molar-refractivity contribution is -0.124. The molecule has 0 aromatic carbocycles. The summed E-state index contributed by atoms with van der Waals surface area (Å²) in [6.45, 7) is 6.81. The summed E-state index contributed by atoms with van der Waals surface area (Å²) in [6.07, 6.45) is 2.61. The number of nitrogens with zero attached hydrogens (tertiary/aromatic N) is 2. The summed E-state index contributed by atoms with van der Waals surface area (Å²) >= 11 is 0. The van der Waals surface area contributed by atoms with Gasteiger partial charge in [-0.2, -0.15) is 0 Å². The van der Waals surface area contributed by atoms with Crippen molar-refractivity contribution in [1.29, 1.82) is 0 Å². The molecule has 0 aromatic heterocycles. The zero-order valence-corrected chi connectivity index (χ0v) is 14.8. The molecule has 0 unspecified atom stereocenters. The third-order valence-corrected chi connectivity index (χ3v) is 4.11. The number of likely N-dealkylation sites (tertiary alicyclic amines) is 1. The summed E-state index contributed by atoms with van der Waals surface area (Å²) < 4.78 is 0. The van der Waals surface area contributed by atoms with Gasteiger partial charge in [-0.1, -0.05) is 13.8 Å². The Morgan fingerprint density at radius 3 is 2.30 bits per heavy atom. The summed E-state index contributed by atoms with van der Waals surface area (Å²) in [5.74, 6) is 1.51. The van der Waals surface area contributed by atoms with Crippen molar-refractivity contribution in [2.45, 2.75) is 33.1 Å². The Bertz CT molecular complexity index is 415. The van der Waals surface area contributed by atoms with E-state index in [1.807, 2.05) is 13.8 Å². The molecular weight excluding hydrogens is 294 g/mol. The second kappa shape index (κ2) is 10.1. The van der Waals surface area contributed by atoms with Gasteiger partial charge in [-0.05, 0) is 18.8 Å². The Morgan fingerprint density at radius 1 is 1.17 bits per heavy atom. The first-order chi connectivity index (χ1) is 11.0. The zero-order chi connectivity index (χ0) is 17.2. The van der Waals surface area contributed by atoms with E-state index in [0.29, 0.717) is 25.4 Å². The molecule has 7 heteroatoms. The molecule has 0 atom stereocenters. The van der Waals surface area contributed by atoms with Crippen LogP contribution in [-0.4, -0.2) is 62.9 Å². The molecular formula is C16H31N5O2. The highest BCUT2D eigenvalue weighted by molar-refractivity contribution is 5.80. The Labute approximate surface area is 139 Å². The molecule has 1 heterocycles. The maximum absolute atomic E-state index is 11.5. The number of hydrogen-bond donors (Lipinski definition) is 3. The molecule has 0 radical (unpaired) electrons. The highest BCUT2D eigenvalue weighted by Crippen LogP contribution is 2.20. The third kappa shape index (κ3) is 6.88. The maximum Gasteiger partial charge on any atom is 0.222 e. The average molecular weight is 325 g/mol. The Morgan fingerprint density at radius 2 is 1.78 bits per heavy atom. The molecule has 1 fully saturated rings. The zero-order valence-electron chi connectivity index (χ0n) is 14.8. The van der Waals surface area contributed by atoms with Crippen LogP contribution in [0.1, 0.15) is 33.1 Å². The number of guanidine groups is 1. The van der Waals surface area contributed by atoms with Crippen molar-refractivity contribution in [3.63, 3.8) is 0 Å². The van der Waals surface area contributed by atoms with Crippen molar-refractivity contribution in [3.8, 4) is 0 Å². The SMILES string of the molecule is CN=C(NCCNC(=O)C(C)C)N1CCC(CC(=O)NC)CC1. The third-order valence-electron chi connectivity index (χ3n) is 4.11. The normalized spacial score (nSPS) is 16.4. The van der Waals surface area contributed by atoms with Crippen LogP contribution in [0.25, 0.3) is 0 Å². The van der Waals surface area contributed by atoms with E-state index in [0.717, 1.165) is 31.9 Å². The largest absolute Gasteiger partial charge is 0.359 e. The molecule has 0 spiro atoms. The molecule has 23 heavy (non-hydrogen) atoms. The van der Waals surface area contributed by atoms with E-state index in [9.17, 15) is 9.59 Å². The minimum Gasteiger partial charge on any atom is -0.359 e. The van der Waals surface area contributed by atoms with E-state index < -0.39 is 0 Å². The summed E-state index contributed by atoms with van der Waals surface area (Å²) in [5.41, 5.74) is 0. The summed E-state index contributed by atoms with van der Waals surface area (Å²) in [5, 5.41) is 8.85. The number of carbonyl (C=O) groups excluding carboxylic acids is 2. The molecule has 7 nitrogen and oxygen atoms in total. The van der Waals surface area contributed by atoms with E-state index in [1.54, 1.807) is 14.1 Å². The Balaban J connectivity index is 2.29. The maximum atomic E-state index is 11.5. The molecule has 1 aliphatic rings. The van der Waals surface area contributed by atoms with E-state index in [4.69, 9.17) is 0 Å². The average Bonchev–Trinajstić information content (AvgIpc) is 2.55. The van der Waals surface area contributed by atoms with Gasteiger partial charge in [-0.25, -0.2) is 0 Å². The van der Waals surface area contributed by atoms with Gasteiger partial charge in [0.15, 0.2) is 5.96 Å². The van der Waals surface area contributed by atoms with Crippen molar-refractivity contribution in [2.24, 2.45) is 16.8 Å². The van der Waals surface area contributed by atoms with Gasteiger partial charge >= 0.3 is 0 Å². The van der Waals surface area contributed by atoms with Crippen LogP contribution in [0.2, 0.25) is 0 Å². The van der Waals surface area contributed by atoms with Crippen LogP contribution in [0.3, 0.4) is 0 Å². The van der Waals surface area contributed by atoms with Gasteiger partial charge in [-0.3, -0.25) is 14.6 Å². The van der Waals surface area contributed by atoms with Crippen LogP contribution in [-0.2, 0) is 9.59 Å². The van der Waals surface area contributed by atoms with Crippen molar-refractivity contribution in [1.82, 2.24) is 20.9 Å². The van der Waals surface area contributed by atoms with Crippen LogP contribution in [0, 0.1) is 11.8 Å². The van der Waals surface area contributed by atoms with Crippen molar-refractivity contribution in [2.75, 3.05) is 40.3 Å².